The van der Waals surface area contributed by atoms with E-state index in [1.807, 2.05) is 43.0 Å². The minimum atomic E-state index is -0.574. The van der Waals surface area contributed by atoms with Crippen LogP contribution in [-0.2, 0) is 4.79 Å². The summed E-state index contributed by atoms with van der Waals surface area (Å²) in [7, 11) is 0. The predicted octanol–water partition coefficient (Wildman–Crippen LogP) is 3.32. The molecule has 7 nitrogen and oxygen atoms in total. The molecule has 0 bridgehead atoms. The van der Waals surface area contributed by atoms with Crippen molar-refractivity contribution in [2.75, 3.05) is 13.1 Å². The average molecular weight is 394 g/mol. The molecule has 1 atom stereocenters. The van der Waals surface area contributed by atoms with E-state index in [1.54, 1.807) is 12.1 Å². The van der Waals surface area contributed by atoms with Crippen LogP contribution in [0.25, 0.3) is 11.0 Å². The van der Waals surface area contributed by atoms with Crippen LogP contribution in [0.2, 0.25) is 0 Å². The molecule has 1 aliphatic heterocycles. The second kappa shape index (κ2) is 8.11. The SMILES string of the molecule is CC(C)C(NC(=O)c1ccco1)C(=O)N1CCC(c2nc3ccccc3[nH]2)CC1. The molecule has 1 aliphatic rings. The van der Waals surface area contributed by atoms with Gasteiger partial charge in [0, 0.05) is 19.0 Å². The van der Waals surface area contributed by atoms with Crippen LogP contribution in [0.5, 0.6) is 0 Å². The van der Waals surface area contributed by atoms with Gasteiger partial charge in [-0.05, 0) is 43.0 Å². The number of aromatic amines is 1. The summed E-state index contributed by atoms with van der Waals surface area (Å²) in [5, 5.41) is 2.83. The summed E-state index contributed by atoms with van der Waals surface area (Å²) in [4.78, 5) is 35.4. The van der Waals surface area contributed by atoms with E-state index >= 15 is 0 Å². The number of para-hydroxylation sites is 2. The summed E-state index contributed by atoms with van der Waals surface area (Å²) in [6.07, 6.45) is 3.15. The quantitative estimate of drug-likeness (QED) is 0.694. The number of piperidine rings is 1. The summed E-state index contributed by atoms with van der Waals surface area (Å²) in [6.45, 7) is 5.18. The number of benzene rings is 1. The largest absolute Gasteiger partial charge is 0.459 e. The maximum Gasteiger partial charge on any atom is 0.287 e. The number of furan rings is 1. The molecule has 2 amide bonds. The second-order valence-corrected chi connectivity index (χ2v) is 7.91. The van der Waals surface area contributed by atoms with Crippen LogP contribution in [-0.4, -0.2) is 45.8 Å². The Morgan fingerprint density at radius 3 is 2.59 bits per heavy atom. The lowest BCUT2D eigenvalue weighted by Crippen LogP contribution is -2.52. The highest BCUT2D eigenvalue weighted by Gasteiger charge is 2.32. The molecular formula is C22H26N4O3. The molecule has 7 heteroatoms. The number of hydrogen-bond acceptors (Lipinski definition) is 4. The van der Waals surface area contributed by atoms with E-state index in [9.17, 15) is 9.59 Å². The van der Waals surface area contributed by atoms with Crippen molar-refractivity contribution in [1.29, 1.82) is 0 Å². The zero-order valence-electron chi connectivity index (χ0n) is 16.7. The second-order valence-electron chi connectivity index (χ2n) is 7.91. The fraction of sp³-hybridized carbons (Fsp3) is 0.409. The molecule has 3 heterocycles. The number of nitrogens with zero attached hydrogens (tertiary/aromatic N) is 2. The van der Waals surface area contributed by atoms with Crippen LogP contribution in [0, 0.1) is 5.92 Å². The van der Waals surface area contributed by atoms with Crippen LogP contribution in [0.3, 0.4) is 0 Å². The Morgan fingerprint density at radius 1 is 1.17 bits per heavy atom. The van der Waals surface area contributed by atoms with Crippen molar-refractivity contribution in [3.05, 3.63) is 54.2 Å². The van der Waals surface area contributed by atoms with Gasteiger partial charge in [-0.15, -0.1) is 0 Å². The van der Waals surface area contributed by atoms with Crippen molar-refractivity contribution >= 4 is 22.8 Å². The third-order valence-corrected chi connectivity index (χ3v) is 5.57. The third-order valence-electron chi connectivity index (χ3n) is 5.57. The average Bonchev–Trinajstić information content (AvgIpc) is 3.41. The number of fused-ring (bicyclic) bond motifs is 1. The lowest BCUT2D eigenvalue weighted by molar-refractivity contribution is -0.135. The van der Waals surface area contributed by atoms with Crippen LogP contribution in [0.1, 0.15) is 49.0 Å². The molecule has 3 aromatic rings. The van der Waals surface area contributed by atoms with Crippen molar-refractivity contribution in [2.45, 2.75) is 38.6 Å². The summed E-state index contributed by atoms with van der Waals surface area (Å²) in [6, 6.07) is 10.7. The summed E-state index contributed by atoms with van der Waals surface area (Å²) in [5.74, 6) is 1.09. The molecule has 1 unspecified atom stereocenters. The first-order chi connectivity index (χ1) is 14.0. The molecule has 152 valence electrons. The fourth-order valence-corrected chi connectivity index (χ4v) is 3.87. The minimum Gasteiger partial charge on any atom is -0.459 e. The summed E-state index contributed by atoms with van der Waals surface area (Å²) in [5.41, 5.74) is 2.02. The summed E-state index contributed by atoms with van der Waals surface area (Å²) < 4.78 is 5.14. The van der Waals surface area contributed by atoms with Gasteiger partial charge < -0.3 is 19.6 Å². The van der Waals surface area contributed by atoms with Gasteiger partial charge in [-0.25, -0.2) is 4.98 Å². The standard InChI is InChI=1S/C22H26N4O3/c1-14(2)19(25-21(27)18-8-5-13-29-18)22(28)26-11-9-15(10-12-26)20-23-16-6-3-4-7-17(16)24-20/h3-8,13-15,19H,9-12H2,1-2H3,(H,23,24)(H,25,27). The Bertz CT molecular complexity index is 952. The molecular weight excluding hydrogens is 368 g/mol. The number of carbonyl (C=O) groups is 2. The van der Waals surface area contributed by atoms with Crippen LogP contribution in [0.4, 0.5) is 0 Å². The molecule has 0 saturated carbocycles. The molecule has 1 fully saturated rings. The monoisotopic (exact) mass is 394 g/mol. The first-order valence-electron chi connectivity index (χ1n) is 10.1. The number of likely N-dealkylation sites (tertiary alicyclic amines) is 1. The van der Waals surface area contributed by atoms with Crippen LogP contribution in [0.15, 0.2) is 47.1 Å². The van der Waals surface area contributed by atoms with Gasteiger partial charge in [0.2, 0.25) is 5.91 Å². The zero-order chi connectivity index (χ0) is 20.4. The first kappa shape index (κ1) is 19.2. The van der Waals surface area contributed by atoms with E-state index < -0.39 is 6.04 Å². The van der Waals surface area contributed by atoms with Crippen LogP contribution < -0.4 is 5.32 Å². The smallest absolute Gasteiger partial charge is 0.287 e. The van der Waals surface area contributed by atoms with Crippen molar-refractivity contribution in [1.82, 2.24) is 20.2 Å². The lowest BCUT2D eigenvalue weighted by atomic mass is 9.94. The minimum absolute atomic E-state index is 0.0190. The van der Waals surface area contributed by atoms with Gasteiger partial charge in [-0.2, -0.15) is 0 Å². The summed E-state index contributed by atoms with van der Waals surface area (Å²) >= 11 is 0. The van der Waals surface area contributed by atoms with Gasteiger partial charge >= 0.3 is 0 Å². The number of aromatic nitrogens is 2. The zero-order valence-corrected chi connectivity index (χ0v) is 16.7. The number of nitrogens with one attached hydrogen (secondary N) is 2. The Hall–Kier alpha value is -3.09. The Balaban J connectivity index is 1.39. The molecule has 2 aromatic heterocycles. The third kappa shape index (κ3) is 4.04. The van der Waals surface area contributed by atoms with Crippen LogP contribution >= 0.6 is 0 Å². The van der Waals surface area contributed by atoms with Gasteiger partial charge in [0.05, 0.1) is 17.3 Å². The van der Waals surface area contributed by atoms with E-state index in [-0.39, 0.29) is 23.5 Å². The fourth-order valence-electron chi connectivity index (χ4n) is 3.87. The normalized spacial score (nSPS) is 16.3. The molecule has 29 heavy (non-hydrogen) atoms. The number of amides is 2. The van der Waals surface area contributed by atoms with Gasteiger partial charge in [0.15, 0.2) is 5.76 Å². The van der Waals surface area contributed by atoms with Gasteiger partial charge in [-0.3, -0.25) is 9.59 Å². The molecule has 4 rings (SSSR count). The molecule has 2 N–H and O–H groups in total. The van der Waals surface area contributed by atoms with E-state index in [4.69, 9.17) is 9.40 Å². The highest BCUT2D eigenvalue weighted by molar-refractivity contribution is 5.95. The Labute approximate surface area is 169 Å². The topological polar surface area (TPSA) is 91.2 Å². The molecule has 1 aromatic carbocycles. The Morgan fingerprint density at radius 2 is 1.93 bits per heavy atom. The van der Waals surface area contributed by atoms with E-state index in [0.29, 0.717) is 19.0 Å². The number of carbonyl (C=O) groups excluding carboxylic acids is 2. The molecule has 0 radical (unpaired) electrons. The van der Waals surface area contributed by atoms with Crippen molar-refractivity contribution < 1.29 is 14.0 Å². The van der Waals surface area contributed by atoms with E-state index in [2.05, 4.69) is 10.3 Å². The number of rotatable bonds is 5. The van der Waals surface area contributed by atoms with Crippen molar-refractivity contribution in [3.8, 4) is 0 Å². The number of imidazole rings is 1. The van der Waals surface area contributed by atoms with Gasteiger partial charge in [-0.1, -0.05) is 26.0 Å². The van der Waals surface area contributed by atoms with Crippen molar-refractivity contribution in [2.24, 2.45) is 5.92 Å². The maximum absolute atomic E-state index is 13.1. The molecule has 0 aliphatic carbocycles. The molecule has 1 saturated heterocycles. The highest BCUT2D eigenvalue weighted by Crippen LogP contribution is 2.28. The van der Waals surface area contributed by atoms with Gasteiger partial charge in [0.25, 0.3) is 5.91 Å². The van der Waals surface area contributed by atoms with E-state index in [0.717, 1.165) is 29.7 Å². The molecule has 0 spiro atoms. The van der Waals surface area contributed by atoms with E-state index in [1.165, 1.54) is 6.26 Å². The number of H-pyrrole nitrogens is 1. The first-order valence-corrected chi connectivity index (χ1v) is 10.1. The number of hydrogen-bond donors (Lipinski definition) is 2. The van der Waals surface area contributed by atoms with Gasteiger partial charge in [0.1, 0.15) is 11.9 Å². The highest BCUT2D eigenvalue weighted by atomic mass is 16.3. The Kier molecular flexibility index (Phi) is 5.38. The lowest BCUT2D eigenvalue weighted by Gasteiger charge is -2.34. The maximum atomic E-state index is 13.1. The predicted molar refractivity (Wildman–Crippen MR) is 109 cm³/mol. The van der Waals surface area contributed by atoms with Crippen molar-refractivity contribution in [3.63, 3.8) is 0 Å².